The fourth-order valence-corrected chi connectivity index (χ4v) is 3.05. The molecule has 1 aliphatic heterocycles. The number of fused-ring (bicyclic) bond motifs is 1. The van der Waals surface area contributed by atoms with Crippen LogP contribution in [0.15, 0.2) is 18.2 Å². The van der Waals surface area contributed by atoms with Crippen LogP contribution in [0.3, 0.4) is 0 Å². The summed E-state index contributed by atoms with van der Waals surface area (Å²) in [5, 5.41) is 7.36. The summed E-state index contributed by atoms with van der Waals surface area (Å²) >= 11 is 0. The zero-order valence-corrected chi connectivity index (χ0v) is 12.6. The Morgan fingerprint density at radius 1 is 1.33 bits per heavy atom. The van der Waals surface area contributed by atoms with Crippen LogP contribution in [-0.2, 0) is 21.4 Å². The molecule has 21 heavy (non-hydrogen) atoms. The maximum Gasteiger partial charge on any atom is 0.323 e. The third-order valence-corrected chi connectivity index (χ3v) is 5.33. The fraction of sp³-hybridized carbons (Fsp3) is 0.462. The van der Waals surface area contributed by atoms with Crippen molar-refractivity contribution in [2.24, 2.45) is 0 Å². The third kappa shape index (κ3) is 3.27. The zero-order valence-electron chi connectivity index (χ0n) is 11.8. The van der Waals surface area contributed by atoms with E-state index in [1.165, 1.54) is 7.05 Å². The van der Waals surface area contributed by atoms with Gasteiger partial charge in [-0.05, 0) is 24.6 Å². The molecule has 0 bridgehead atoms. The van der Waals surface area contributed by atoms with Gasteiger partial charge in [0.25, 0.3) is 0 Å². The van der Waals surface area contributed by atoms with Gasteiger partial charge in [-0.1, -0.05) is 6.07 Å². The summed E-state index contributed by atoms with van der Waals surface area (Å²) in [6.45, 7) is 2.14. The van der Waals surface area contributed by atoms with E-state index in [9.17, 15) is 13.2 Å². The van der Waals surface area contributed by atoms with Crippen molar-refractivity contribution >= 4 is 16.0 Å². The maximum atomic E-state index is 12.1. The molecule has 1 aliphatic rings. The Morgan fingerprint density at radius 2 is 1.95 bits per heavy atom. The second kappa shape index (κ2) is 5.90. The van der Waals surface area contributed by atoms with Gasteiger partial charge >= 0.3 is 5.97 Å². The SMILES string of the molecule is CC(C(=O)O)S(=O)(=O)N(C)Cc1ccc2c(c1)OCCO2. The fourth-order valence-electron chi connectivity index (χ4n) is 1.93. The normalized spacial score (nSPS) is 15.8. The molecule has 0 aromatic heterocycles. The average molecular weight is 315 g/mol. The molecule has 1 heterocycles. The topological polar surface area (TPSA) is 93.1 Å². The highest BCUT2D eigenvalue weighted by Gasteiger charge is 2.31. The molecule has 1 atom stereocenters. The maximum absolute atomic E-state index is 12.1. The quantitative estimate of drug-likeness (QED) is 0.859. The second-order valence-electron chi connectivity index (χ2n) is 4.76. The van der Waals surface area contributed by atoms with Crippen molar-refractivity contribution in [3.05, 3.63) is 23.8 Å². The van der Waals surface area contributed by atoms with Crippen molar-refractivity contribution in [2.45, 2.75) is 18.7 Å². The lowest BCUT2D eigenvalue weighted by Gasteiger charge is -2.22. The predicted molar refractivity (Wildman–Crippen MR) is 74.9 cm³/mol. The van der Waals surface area contributed by atoms with E-state index in [1.54, 1.807) is 18.2 Å². The van der Waals surface area contributed by atoms with E-state index < -0.39 is 21.2 Å². The Bertz CT molecular complexity index is 642. The van der Waals surface area contributed by atoms with Crippen molar-refractivity contribution in [3.8, 4) is 11.5 Å². The monoisotopic (exact) mass is 315 g/mol. The Morgan fingerprint density at radius 3 is 2.57 bits per heavy atom. The van der Waals surface area contributed by atoms with Crippen LogP contribution in [0.1, 0.15) is 12.5 Å². The highest BCUT2D eigenvalue weighted by molar-refractivity contribution is 7.90. The van der Waals surface area contributed by atoms with Gasteiger partial charge in [-0.3, -0.25) is 4.79 Å². The smallest absolute Gasteiger partial charge is 0.323 e. The number of ether oxygens (including phenoxy) is 2. The number of sulfonamides is 1. The first kappa shape index (κ1) is 15.6. The molecule has 1 unspecified atom stereocenters. The van der Waals surface area contributed by atoms with Crippen molar-refractivity contribution in [2.75, 3.05) is 20.3 Å². The number of hydrogen-bond donors (Lipinski definition) is 1. The summed E-state index contributed by atoms with van der Waals surface area (Å²) in [7, 11) is -2.54. The van der Waals surface area contributed by atoms with E-state index in [0.717, 1.165) is 11.2 Å². The van der Waals surface area contributed by atoms with Crippen LogP contribution in [0.2, 0.25) is 0 Å². The summed E-state index contributed by atoms with van der Waals surface area (Å²) in [5.74, 6) is -0.186. The minimum Gasteiger partial charge on any atom is -0.486 e. The molecular weight excluding hydrogens is 298 g/mol. The molecule has 0 amide bonds. The Hall–Kier alpha value is -1.80. The minimum absolute atomic E-state index is 0.0661. The summed E-state index contributed by atoms with van der Waals surface area (Å²) in [6.07, 6.45) is 0. The lowest BCUT2D eigenvalue weighted by molar-refractivity contribution is -0.136. The first-order valence-corrected chi connectivity index (χ1v) is 7.89. The van der Waals surface area contributed by atoms with Gasteiger partial charge in [0.15, 0.2) is 16.7 Å². The number of hydrogen-bond acceptors (Lipinski definition) is 5. The highest BCUT2D eigenvalue weighted by Crippen LogP contribution is 2.31. The van der Waals surface area contributed by atoms with Crippen molar-refractivity contribution in [1.29, 1.82) is 0 Å². The molecule has 0 saturated carbocycles. The van der Waals surface area contributed by atoms with Crippen LogP contribution >= 0.6 is 0 Å². The van der Waals surface area contributed by atoms with E-state index in [-0.39, 0.29) is 6.54 Å². The molecule has 0 fully saturated rings. The van der Waals surface area contributed by atoms with Crippen LogP contribution in [0, 0.1) is 0 Å². The van der Waals surface area contributed by atoms with Crippen LogP contribution in [0.5, 0.6) is 11.5 Å². The van der Waals surface area contributed by atoms with Gasteiger partial charge in [0.1, 0.15) is 13.2 Å². The number of carboxylic acid groups (broad SMARTS) is 1. The van der Waals surface area contributed by atoms with Gasteiger partial charge in [0, 0.05) is 13.6 Å². The van der Waals surface area contributed by atoms with Gasteiger partial charge in [-0.15, -0.1) is 0 Å². The van der Waals surface area contributed by atoms with Gasteiger partial charge < -0.3 is 14.6 Å². The summed E-state index contributed by atoms with van der Waals surface area (Å²) in [4.78, 5) is 10.9. The van der Waals surface area contributed by atoms with Gasteiger partial charge in [-0.2, -0.15) is 4.31 Å². The molecule has 0 spiro atoms. The largest absolute Gasteiger partial charge is 0.486 e. The number of aliphatic carboxylic acids is 1. The second-order valence-corrected chi connectivity index (χ2v) is 7.12. The van der Waals surface area contributed by atoms with E-state index in [4.69, 9.17) is 14.6 Å². The number of carboxylic acids is 1. The molecular formula is C13H17NO6S. The van der Waals surface area contributed by atoms with E-state index in [2.05, 4.69) is 0 Å². The summed E-state index contributed by atoms with van der Waals surface area (Å²) in [6, 6.07) is 5.14. The molecule has 0 radical (unpaired) electrons. The van der Waals surface area contributed by atoms with Crippen molar-refractivity contribution < 1.29 is 27.8 Å². The van der Waals surface area contributed by atoms with Gasteiger partial charge in [0.05, 0.1) is 0 Å². The molecule has 8 heteroatoms. The van der Waals surface area contributed by atoms with Crippen LogP contribution in [0.4, 0.5) is 0 Å². The number of carbonyl (C=O) groups is 1. The molecule has 1 aromatic rings. The number of nitrogens with zero attached hydrogens (tertiary/aromatic N) is 1. The molecule has 2 rings (SSSR count). The minimum atomic E-state index is -3.90. The average Bonchev–Trinajstić information content (AvgIpc) is 2.46. The molecule has 0 aliphatic carbocycles. The number of rotatable bonds is 5. The first-order chi connectivity index (χ1) is 9.82. The molecule has 7 nitrogen and oxygen atoms in total. The third-order valence-electron chi connectivity index (χ3n) is 3.24. The molecule has 1 aromatic carbocycles. The highest BCUT2D eigenvalue weighted by atomic mass is 32.2. The summed E-state index contributed by atoms with van der Waals surface area (Å²) < 4.78 is 35.9. The van der Waals surface area contributed by atoms with Crippen molar-refractivity contribution in [3.63, 3.8) is 0 Å². The standard InChI is InChI=1S/C13H17NO6S/c1-9(13(15)16)21(17,18)14(2)8-10-3-4-11-12(7-10)20-6-5-19-11/h3-4,7,9H,5-6,8H2,1-2H3,(H,15,16). The Balaban J connectivity index is 2.16. The Labute approximate surface area is 123 Å². The van der Waals surface area contributed by atoms with Crippen LogP contribution in [0.25, 0.3) is 0 Å². The van der Waals surface area contributed by atoms with Gasteiger partial charge in [-0.25, -0.2) is 8.42 Å². The Kier molecular flexibility index (Phi) is 4.38. The zero-order chi connectivity index (χ0) is 15.6. The van der Waals surface area contributed by atoms with Crippen LogP contribution < -0.4 is 9.47 Å². The van der Waals surface area contributed by atoms with Crippen LogP contribution in [-0.4, -0.2) is 49.3 Å². The van der Waals surface area contributed by atoms with Gasteiger partial charge in [0.2, 0.25) is 10.0 Å². The lowest BCUT2D eigenvalue weighted by Crippen LogP contribution is -2.38. The summed E-state index contributed by atoms with van der Waals surface area (Å²) in [5.41, 5.74) is 0.697. The molecule has 116 valence electrons. The van der Waals surface area contributed by atoms with E-state index in [0.29, 0.717) is 30.3 Å². The molecule has 0 saturated heterocycles. The number of benzene rings is 1. The van der Waals surface area contributed by atoms with E-state index >= 15 is 0 Å². The van der Waals surface area contributed by atoms with Crippen molar-refractivity contribution in [1.82, 2.24) is 4.31 Å². The first-order valence-electron chi connectivity index (χ1n) is 6.39. The molecule has 1 N–H and O–H groups in total. The lowest BCUT2D eigenvalue weighted by atomic mass is 10.2. The predicted octanol–water partition coefficient (Wildman–Crippen LogP) is 0.692. The van der Waals surface area contributed by atoms with E-state index in [1.807, 2.05) is 0 Å².